The summed E-state index contributed by atoms with van der Waals surface area (Å²) in [6.07, 6.45) is 4.57. The van der Waals surface area contributed by atoms with Gasteiger partial charge in [-0.15, -0.1) is 11.3 Å². The number of nitrogens with one attached hydrogen (secondary N) is 4. The normalized spacial score (nSPS) is 16.2. The molecule has 2 aromatic rings. The highest BCUT2D eigenvalue weighted by Gasteiger charge is 2.28. The Bertz CT molecular complexity index is 969. The van der Waals surface area contributed by atoms with Crippen LogP contribution in [-0.4, -0.2) is 42.2 Å². The highest BCUT2D eigenvalue weighted by atomic mass is 32.1. The van der Waals surface area contributed by atoms with Crippen LogP contribution in [-0.2, 0) is 27.2 Å². The van der Waals surface area contributed by atoms with E-state index in [-0.39, 0.29) is 30.1 Å². The first kappa shape index (κ1) is 24.6. The summed E-state index contributed by atoms with van der Waals surface area (Å²) in [4.78, 5) is 38.6. The predicted octanol–water partition coefficient (Wildman–Crippen LogP) is 1.87. The fourth-order valence-electron chi connectivity index (χ4n) is 3.77. The molecule has 0 unspecified atom stereocenters. The molecule has 0 bridgehead atoms. The Morgan fingerprint density at radius 2 is 2.00 bits per heavy atom. The Kier molecular flexibility index (Phi) is 9.14. The quantitative estimate of drug-likeness (QED) is 0.194. The number of unbranched alkanes of at least 4 members (excludes halogenated alkanes) is 1. The van der Waals surface area contributed by atoms with Crippen molar-refractivity contribution < 1.29 is 14.4 Å². The average molecular weight is 470 g/mol. The molecule has 1 saturated heterocycles. The van der Waals surface area contributed by atoms with Crippen molar-refractivity contribution in [2.24, 2.45) is 5.73 Å². The topological polar surface area (TPSA) is 137 Å². The molecule has 2 heterocycles. The molecule has 1 aliphatic heterocycles. The lowest BCUT2D eigenvalue weighted by Crippen LogP contribution is -2.52. The highest BCUT2D eigenvalue weighted by molar-refractivity contribution is 7.10. The van der Waals surface area contributed by atoms with Crippen LogP contribution in [0.5, 0.6) is 0 Å². The van der Waals surface area contributed by atoms with E-state index in [1.54, 1.807) is 11.4 Å². The maximum absolute atomic E-state index is 12.9. The summed E-state index contributed by atoms with van der Waals surface area (Å²) in [6, 6.07) is 10.6. The van der Waals surface area contributed by atoms with Crippen LogP contribution >= 0.6 is 11.3 Å². The van der Waals surface area contributed by atoms with E-state index in [1.165, 1.54) is 16.9 Å². The molecular weight excluding hydrogens is 438 g/mol. The Balaban J connectivity index is 1.56. The van der Waals surface area contributed by atoms with E-state index >= 15 is 0 Å². The van der Waals surface area contributed by atoms with Crippen LogP contribution in [0.4, 0.5) is 0 Å². The first-order valence-corrected chi connectivity index (χ1v) is 12.1. The molecule has 3 rings (SSSR count). The number of nitrogens with two attached hydrogens (primary N) is 1. The number of carbonyl (C=O) groups excluding carboxylic acids is 3. The van der Waals surface area contributed by atoms with E-state index in [4.69, 9.17) is 11.1 Å². The summed E-state index contributed by atoms with van der Waals surface area (Å²) in [5.41, 5.74) is 7.34. The first-order valence-electron chi connectivity index (χ1n) is 11.3. The van der Waals surface area contributed by atoms with Crippen LogP contribution in [0, 0.1) is 5.41 Å². The number of amides is 3. The van der Waals surface area contributed by atoms with E-state index in [0.717, 1.165) is 30.7 Å². The lowest BCUT2D eigenvalue weighted by molar-refractivity contribution is -0.134. The average Bonchev–Trinajstić information content (AvgIpc) is 3.49. The molecule has 6 N–H and O–H groups in total. The second-order valence-electron chi connectivity index (χ2n) is 8.23. The molecule has 1 aromatic carbocycles. The van der Waals surface area contributed by atoms with Crippen LogP contribution in [0.15, 0.2) is 41.8 Å². The second kappa shape index (κ2) is 12.3. The van der Waals surface area contributed by atoms with Gasteiger partial charge in [-0.3, -0.25) is 25.1 Å². The Hall–Kier alpha value is -3.04. The molecule has 0 aliphatic carbocycles. The molecule has 2 atom stereocenters. The summed E-state index contributed by atoms with van der Waals surface area (Å²) >= 11 is 1.36. The van der Waals surface area contributed by atoms with Crippen molar-refractivity contribution in [1.82, 2.24) is 16.0 Å². The van der Waals surface area contributed by atoms with Crippen molar-refractivity contribution in [3.8, 4) is 0 Å². The smallest absolute Gasteiger partial charge is 0.249 e. The van der Waals surface area contributed by atoms with Crippen LogP contribution in [0.2, 0.25) is 0 Å². The zero-order chi connectivity index (χ0) is 23.6. The fourth-order valence-corrected chi connectivity index (χ4v) is 4.70. The van der Waals surface area contributed by atoms with Gasteiger partial charge in [-0.25, -0.2) is 0 Å². The van der Waals surface area contributed by atoms with Gasteiger partial charge in [0, 0.05) is 28.7 Å². The zero-order valence-electron chi connectivity index (χ0n) is 18.6. The lowest BCUT2D eigenvalue weighted by Gasteiger charge is -2.19. The van der Waals surface area contributed by atoms with Crippen LogP contribution in [0.25, 0.3) is 0 Å². The minimum absolute atomic E-state index is 0.0524. The molecule has 3 amide bonds. The van der Waals surface area contributed by atoms with Gasteiger partial charge in [0.25, 0.3) is 0 Å². The molecule has 0 spiro atoms. The number of carbonyl (C=O) groups is 3. The van der Waals surface area contributed by atoms with Gasteiger partial charge in [-0.05, 0) is 50.3 Å². The third-order valence-corrected chi connectivity index (χ3v) is 6.57. The van der Waals surface area contributed by atoms with Gasteiger partial charge < -0.3 is 16.4 Å². The third-order valence-electron chi connectivity index (χ3n) is 5.61. The minimum Gasteiger partial charge on any atom is -0.384 e. The van der Waals surface area contributed by atoms with Crippen molar-refractivity contribution in [2.75, 3.05) is 6.54 Å². The summed E-state index contributed by atoms with van der Waals surface area (Å²) in [5, 5.41) is 17.6. The lowest BCUT2D eigenvalue weighted by atomic mass is 10.1. The van der Waals surface area contributed by atoms with E-state index in [0.29, 0.717) is 24.8 Å². The number of imide groups is 1. The number of hydrogen-bond acceptors (Lipinski definition) is 6. The van der Waals surface area contributed by atoms with Crippen molar-refractivity contribution in [3.63, 3.8) is 0 Å². The minimum atomic E-state index is -0.879. The zero-order valence-corrected chi connectivity index (χ0v) is 19.4. The molecule has 1 aliphatic rings. The summed E-state index contributed by atoms with van der Waals surface area (Å²) in [7, 11) is 0. The molecule has 1 fully saturated rings. The number of rotatable bonds is 11. The summed E-state index contributed by atoms with van der Waals surface area (Å²) in [6.45, 7) is 0.748. The molecule has 176 valence electrons. The number of thiophene rings is 1. The van der Waals surface area contributed by atoms with E-state index in [1.807, 2.05) is 18.2 Å². The van der Waals surface area contributed by atoms with Crippen LogP contribution < -0.4 is 21.7 Å². The largest absolute Gasteiger partial charge is 0.384 e. The van der Waals surface area contributed by atoms with Gasteiger partial charge in [0.2, 0.25) is 17.7 Å². The van der Waals surface area contributed by atoms with Crippen LogP contribution in [0.1, 0.15) is 48.1 Å². The SMILES string of the molecule is N=C(N)c1csc(C[C@H](NC(=O)CCCCc2ccccc2)C(=O)NC(=O)[C@@H]2CCCN2)c1. The Morgan fingerprint density at radius 1 is 1.21 bits per heavy atom. The molecule has 33 heavy (non-hydrogen) atoms. The van der Waals surface area contributed by atoms with E-state index in [2.05, 4.69) is 28.1 Å². The maximum Gasteiger partial charge on any atom is 0.249 e. The fraction of sp³-hybridized carbons (Fsp3) is 0.417. The standard InChI is InChI=1S/C24H31N5O3S/c25-22(26)17-13-18(33-15-17)14-20(24(32)29-23(31)19-10-6-12-27-19)28-21(30)11-5-4-9-16-7-2-1-3-8-16/h1-3,7-8,13,15,19-20,27H,4-6,9-12,14H2,(H3,25,26)(H,28,30)(H,29,31,32)/t19-,20-/m0/s1. The monoisotopic (exact) mass is 469 g/mol. The van der Waals surface area contributed by atoms with E-state index in [9.17, 15) is 14.4 Å². The van der Waals surface area contributed by atoms with Gasteiger partial charge in [0.15, 0.2) is 0 Å². The van der Waals surface area contributed by atoms with Gasteiger partial charge in [0.1, 0.15) is 11.9 Å². The van der Waals surface area contributed by atoms with Gasteiger partial charge in [-0.1, -0.05) is 30.3 Å². The number of aryl methyl sites for hydroxylation is 1. The van der Waals surface area contributed by atoms with Crippen molar-refractivity contribution >= 4 is 34.9 Å². The van der Waals surface area contributed by atoms with Gasteiger partial charge in [-0.2, -0.15) is 0 Å². The third kappa shape index (κ3) is 7.80. The first-order chi connectivity index (χ1) is 15.9. The van der Waals surface area contributed by atoms with Gasteiger partial charge >= 0.3 is 0 Å². The van der Waals surface area contributed by atoms with E-state index < -0.39 is 11.9 Å². The van der Waals surface area contributed by atoms with Crippen molar-refractivity contribution in [2.45, 2.75) is 57.0 Å². The predicted molar refractivity (Wildman–Crippen MR) is 129 cm³/mol. The highest BCUT2D eigenvalue weighted by Crippen LogP contribution is 2.17. The number of amidine groups is 1. The summed E-state index contributed by atoms with van der Waals surface area (Å²) in [5.74, 6) is -1.17. The Labute approximate surface area is 197 Å². The molecule has 0 saturated carbocycles. The number of nitrogen functional groups attached to an aromatic ring is 1. The van der Waals surface area contributed by atoms with Crippen molar-refractivity contribution in [1.29, 1.82) is 5.41 Å². The number of benzene rings is 1. The molecular formula is C24H31N5O3S. The molecule has 1 aromatic heterocycles. The molecule has 8 nitrogen and oxygen atoms in total. The molecule has 9 heteroatoms. The molecule has 0 radical (unpaired) electrons. The summed E-state index contributed by atoms with van der Waals surface area (Å²) < 4.78 is 0. The second-order valence-corrected chi connectivity index (χ2v) is 9.23. The van der Waals surface area contributed by atoms with Crippen molar-refractivity contribution in [3.05, 3.63) is 57.8 Å². The van der Waals surface area contributed by atoms with Crippen LogP contribution in [0.3, 0.4) is 0 Å². The Morgan fingerprint density at radius 3 is 2.67 bits per heavy atom. The maximum atomic E-state index is 12.9. The number of hydrogen-bond donors (Lipinski definition) is 5. The van der Waals surface area contributed by atoms with Gasteiger partial charge in [0.05, 0.1) is 6.04 Å².